The van der Waals surface area contributed by atoms with Crippen molar-refractivity contribution in [2.45, 2.75) is 4.90 Å². The summed E-state index contributed by atoms with van der Waals surface area (Å²) in [7, 11) is -2.38. The summed E-state index contributed by atoms with van der Waals surface area (Å²) in [4.78, 5) is 4.71. The molecule has 0 bridgehead atoms. The maximum Gasteiger partial charge on any atom is 0.262 e. The van der Waals surface area contributed by atoms with Crippen molar-refractivity contribution in [3.63, 3.8) is 0 Å². The number of rotatable bonds is 7. The third kappa shape index (κ3) is 4.44. The van der Waals surface area contributed by atoms with E-state index in [-0.39, 0.29) is 4.90 Å². The first-order valence-corrected chi connectivity index (χ1v) is 12.0. The molecule has 1 N–H and O–H groups in total. The highest BCUT2D eigenvalue weighted by Crippen LogP contribution is 2.32. The number of nitrogens with one attached hydrogen (secondary N) is 1. The van der Waals surface area contributed by atoms with Crippen LogP contribution in [-0.4, -0.2) is 24.9 Å². The summed E-state index contributed by atoms with van der Waals surface area (Å²) >= 11 is 0. The van der Waals surface area contributed by atoms with E-state index < -0.39 is 10.0 Å². The molecule has 7 nitrogen and oxygen atoms in total. The maximum absolute atomic E-state index is 13.1. The summed E-state index contributed by atoms with van der Waals surface area (Å²) in [6, 6.07) is 26.5. The number of anilines is 1. The fourth-order valence-electron chi connectivity index (χ4n) is 3.54. The van der Waals surface area contributed by atoms with Gasteiger partial charge in [0.1, 0.15) is 22.9 Å². The van der Waals surface area contributed by atoms with E-state index in [0.29, 0.717) is 22.9 Å². The molecule has 5 aromatic rings. The Bertz CT molecular complexity index is 1510. The average Bonchev–Trinajstić information content (AvgIpc) is 3.29. The van der Waals surface area contributed by atoms with Crippen molar-refractivity contribution in [3.05, 3.63) is 103 Å². The lowest BCUT2D eigenvalue weighted by Crippen LogP contribution is -2.13. The number of fused-ring (bicyclic) bond motifs is 1. The van der Waals surface area contributed by atoms with E-state index in [4.69, 9.17) is 9.47 Å². The normalized spacial score (nSPS) is 11.3. The molecule has 0 unspecified atom stereocenters. The van der Waals surface area contributed by atoms with Gasteiger partial charge in [-0.2, -0.15) is 0 Å². The SMILES string of the molecule is COc1ccc(-c2cn3ccccc3n2)cc1NS(=O)(=O)c1ccc(Oc2ccccc2)cc1. The van der Waals surface area contributed by atoms with Gasteiger partial charge in [-0.3, -0.25) is 4.72 Å². The second kappa shape index (κ2) is 8.92. The van der Waals surface area contributed by atoms with Crippen LogP contribution in [0.3, 0.4) is 0 Å². The zero-order valence-electron chi connectivity index (χ0n) is 18.3. The van der Waals surface area contributed by atoms with E-state index >= 15 is 0 Å². The van der Waals surface area contributed by atoms with Crippen LogP contribution < -0.4 is 14.2 Å². The second-order valence-corrected chi connectivity index (χ2v) is 9.18. The van der Waals surface area contributed by atoms with E-state index in [1.165, 1.54) is 19.2 Å². The molecule has 0 fully saturated rings. The highest BCUT2D eigenvalue weighted by atomic mass is 32.2. The van der Waals surface area contributed by atoms with Crippen LogP contribution in [-0.2, 0) is 10.0 Å². The summed E-state index contributed by atoms with van der Waals surface area (Å²) in [5.41, 5.74) is 2.60. The monoisotopic (exact) mass is 471 g/mol. The number of ether oxygens (including phenoxy) is 2. The predicted molar refractivity (Wildman–Crippen MR) is 131 cm³/mol. The number of sulfonamides is 1. The summed E-state index contributed by atoms with van der Waals surface area (Å²) in [5, 5.41) is 0. The third-order valence-corrected chi connectivity index (χ3v) is 6.60. The van der Waals surface area contributed by atoms with Gasteiger partial charge in [0.2, 0.25) is 0 Å². The number of hydrogen-bond donors (Lipinski definition) is 1. The van der Waals surface area contributed by atoms with E-state index in [0.717, 1.165) is 16.9 Å². The van der Waals surface area contributed by atoms with Crippen molar-refractivity contribution in [1.82, 2.24) is 9.38 Å². The first-order chi connectivity index (χ1) is 16.5. The average molecular weight is 472 g/mol. The quantitative estimate of drug-likeness (QED) is 0.334. The molecule has 170 valence electrons. The largest absolute Gasteiger partial charge is 0.495 e. The van der Waals surface area contributed by atoms with Crippen molar-refractivity contribution < 1.29 is 17.9 Å². The van der Waals surface area contributed by atoms with E-state index in [2.05, 4.69) is 9.71 Å². The molecule has 0 aliphatic heterocycles. The molecular formula is C26H21N3O4S. The zero-order chi connectivity index (χ0) is 23.5. The number of nitrogens with zero attached hydrogens (tertiary/aromatic N) is 2. The van der Waals surface area contributed by atoms with Crippen LogP contribution in [0, 0.1) is 0 Å². The van der Waals surface area contributed by atoms with Gasteiger partial charge in [-0.1, -0.05) is 24.3 Å². The van der Waals surface area contributed by atoms with Gasteiger partial charge >= 0.3 is 0 Å². The van der Waals surface area contributed by atoms with Crippen molar-refractivity contribution in [1.29, 1.82) is 0 Å². The molecule has 3 aromatic carbocycles. The Morgan fingerprint density at radius 1 is 0.853 bits per heavy atom. The van der Waals surface area contributed by atoms with Crippen LogP contribution in [0.4, 0.5) is 5.69 Å². The minimum atomic E-state index is -3.87. The molecule has 34 heavy (non-hydrogen) atoms. The Labute approximate surface area is 197 Å². The molecule has 8 heteroatoms. The summed E-state index contributed by atoms with van der Waals surface area (Å²) in [5.74, 6) is 1.61. The smallest absolute Gasteiger partial charge is 0.262 e. The van der Waals surface area contributed by atoms with Gasteiger partial charge < -0.3 is 13.9 Å². The minimum Gasteiger partial charge on any atom is -0.495 e. The number of imidazole rings is 1. The molecule has 0 radical (unpaired) electrons. The molecule has 0 saturated heterocycles. The Morgan fingerprint density at radius 2 is 1.59 bits per heavy atom. The molecule has 0 spiro atoms. The van der Waals surface area contributed by atoms with Crippen molar-refractivity contribution >= 4 is 21.4 Å². The van der Waals surface area contributed by atoms with Gasteiger partial charge in [-0.15, -0.1) is 0 Å². The zero-order valence-corrected chi connectivity index (χ0v) is 19.1. The van der Waals surface area contributed by atoms with Crippen LogP contribution >= 0.6 is 0 Å². The molecule has 0 aliphatic carbocycles. The lowest BCUT2D eigenvalue weighted by Gasteiger charge is -2.13. The summed E-state index contributed by atoms with van der Waals surface area (Å²) in [6.07, 6.45) is 3.80. The van der Waals surface area contributed by atoms with Crippen LogP contribution in [0.1, 0.15) is 0 Å². The molecule has 2 heterocycles. The van der Waals surface area contributed by atoms with Crippen LogP contribution in [0.15, 0.2) is 108 Å². The standard InChI is InChI=1S/C26H21N3O4S/c1-32-25-15-10-19(24-18-29-16-6-5-9-26(29)27-24)17-23(25)28-34(30,31)22-13-11-21(12-14-22)33-20-7-3-2-4-8-20/h2-18,28H,1H3. The van der Waals surface area contributed by atoms with Crippen molar-refractivity contribution in [2.75, 3.05) is 11.8 Å². The van der Waals surface area contributed by atoms with Crippen molar-refractivity contribution in [2.24, 2.45) is 0 Å². The lowest BCUT2D eigenvalue weighted by atomic mass is 10.1. The van der Waals surface area contributed by atoms with E-state index in [1.54, 1.807) is 24.3 Å². The number of methoxy groups -OCH3 is 1. The number of hydrogen-bond acceptors (Lipinski definition) is 5. The Morgan fingerprint density at radius 3 is 2.32 bits per heavy atom. The molecule has 0 aliphatic rings. The van der Waals surface area contributed by atoms with Gasteiger partial charge in [0.05, 0.1) is 23.4 Å². The molecule has 5 rings (SSSR count). The number of aromatic nitrogens is 2. The first kappa shape index (κ1) is 21.5. The van der Waals surface area contributed by atoms with Gasteiger partial charge in [-0.05, 0) is 66.7 Å². The lowest BCUT2D eigenvalue weighted by molar-refractivity contribution is 0.417. The Hall–Kier alpha value is -4.30. The number of benzene rings is 3. The predicted octanol–water partition coefficient (Wildman–Crippen LogP) is 5.60. The molecular weight excluding hydrogens is 450 g/mol. The van der Waals surface area contributed by atoms with Crippen LogP contribution in [0.2, 0.25) is 0 Å². The topological polar surface area (TPSA) is 81.9 Å². The van der Waals surface area contributed by atoms with Gasteiger partial charge in [0, 0.05) is 18.0 Å². The fraction of sp³-hybridized carbons (Fsp3) is 0.0385. The molecule has 0 saturated carbocycles. The first-order valence-electron chi connectivity index (χ1n) is 10.5. The van der Waals surface area contributed by atoms with Crippen LogP contribution in [0.5, 0.6) is 17.2 Å². The van der Waals surface area contributed by atoms with Gasteiger partial charge in [0.25, 0.3) is 10.0 Å². The molecule has 2 aromatic heterocycles. The number of pyridine rings is 1. The van der Waals surface area contributed by atoms with Gasteiger partial charge in [-0.25, -0.2) is 13.4 Å². The van der Waals surface area contributed by atoms with Crippen molar-refractivity contribution in [3.8, 4) is 28.5 Å². The fourth-order valence-corrected chi connectivity index (χ4v) is 4.60. The highest BCUT2D eigenvalue weighted by molar-refractivity contribution is 7.92. The Kier molecular flexibility index (Phi) is 5.65. The number of para-hydroxylation sites is 1. The summed E-state index contributed by atoms with van der Waals surface area (Å²) in [6.45, 7) is 0. The van der Waals surface area contributed by atoms with Gasteiger partial charge in [0.15, 0.2) is 0 Å². The molecule has 0 amide bonds. The summed E-state index contributed by atoms with van der Waals surface area (Å²) < 4.78 is 41.9. The second-order valence-electron chi connectivity index (χ2n) is 7.50. The van der Waals surface area contributed by atoms with E-state index in [9.17, 15) is 8.42 Å². The highest BCUT2D eigenvalue weighted by Gasteiger charge is 2.18. The minimum absolute atomic E-state index is 0.105. The third-order valence-electron chi connectivity index (χ3n) is 5.22. The maximum atomic E-state index is 13.1. The Balaban J connectivity index is 1.41. The molecule has 0 atom stereocenters. The van der Waals surface area contributed by atoms with E-state index in [1.807, 2.05) is 71.4 Å². The van der Waals surface area contributed by atoms with Crippen LogP contribution in [0.25, 0.3) is 16.9 Å².